The third kappa shape index (κ3) is 10.9. The number of nitrogens with one attached hydrogen (secondary N) is 1. The Bertz CT molecular complexity index is 1220. The minimum Gasteiger partial charge on any atom is -0.305 e. The average molecular weight is 583 g/mol. The molecule has 0 aliphatic carbocycles. The molecule has 1 heterocycles. The third-order valence-electron chi connectivity index (χ3n) is 4.97. The summed E-state index contributed by atoms with van der Waals surface area (Å²) in [4.78, 5) is 11.3. The summed E-state index contributed by atoms with van der Waals surface area (Å²) in [5, 5.41) is 12.1. The van der Waals surface area contributed by atoms with Crippen molar-refractivity contribution in [3.05, 3.63) is 105 Å². The summed E-state index contributed by atoms with van der Waals surface area (Å²) in [7, 11) is 0. The van der Waals surface area contributed by atoms with Crippen LogP contribution in [-0.2, 0) is 6.42 Å². The molecule has 6 heteroatoms. The second kappa shape index (κ2) is 17.4. The Morgan fingerprint density at radius 1 is 1.11 bits per heavy atom. The highest BCUT2D eigenvalue weighted by Gasteiger charge is 2.14. The number of aryl methyl sites for hydroxylation is 1. The van der Waals surface area contributed by atoms with Crippen LogP contribution in [-0.4, -0.2) is 21.8 Å². The lowest BCUT2D eigenvalue weighted by atomic mass is 10.1. The van der Waals surface area contributed by atoms with Crippen molar-refractivity contribution in [3.63, 3.8) is 0 Å². The molecule has 37 heavy (non-hydrogen) atoms. The first-order chi connectivity index (χ1) is 17.7. The zero-order valence-electron chi connectivity index (χ0n) is 22.4. The lowest BCUT2D eigenvalue weighted by Gasteiger charge is -2.11. The van der Waals surface area contributed by atoms with Gasteiger partial charge in [0.05, 0.1) is 16.4 Å². The highest BCUT2D eigenvalue weighted by molar-refractivity contribution is 9.10. The maximum absolute atomic E-state index is 11.3. The van der Waals surface area contributed by atoms with Crippen molar-refractivity contribution in [2.75, 3.05) is 0 Å². The standard InChI is InChI=1S/C21H18BrClN2O.C7H11N.C3H8/c1-3-15-6-9-20(19(23)11-15)25-21(12-18(13-26)24-25)14(2)10-16-4-7-17(22)8-5-16;1-3-5-6-7(8)4-2;1-3-2/h4-13H,3H2,1-2H3;3,5-6,8H,1,4H2,2H3;3H2,1-2H3/b14-10+;6-5-,8-7?;. The van der Waals surface area contributed by atoms with Gasteiger partial charge in [0.15, 0.2) is 6.29 Å². The van der Waals surface area contributed by atoms with Crippen LogP contribution in [0, 0.1) is 5.41 Å². The van der Waals surface area contributed by atoms with Crippen molar-refractivity contribution in [1.82, 2.24) is 9.78 Å². The van der Waals surface area contributed by atoms with E-state index >= 15 is 0 Å². The van der Waals surface area contributed by atoms with Gasteiger partial charge in [0.2, 0.25) is 0 Å². The van der Waals surface area contributed by atoms with Gasteiger partial charge in [0.25, 0.3) is 0 Å². The van der Waals surface area contributed by atoms with E-state index < -0.39 is 0 Å². The minimum atomic E-state index is 0.374. The predicted octanol–water partition coefficient (Wildman–Crippen LogP) is 9.80. The summed E-state index contributed by atoms with van der Waals surface area (Å²) >= 11 is 9.92. The molecule has 0 bridgehead atoms. The second-order valence-electron chi connectivity index (χ2n) is 8.18. The van der Waals surface area contributed by atoms with Crippen LogP contribution in [0.25, 0.3) is 17.3 Å². The molecule has 2 aromatic carbocycles. The third-order valence-corrected chi connectivity index (χ3v) is 5.80. The van der Waals surface area contributed by atoms with Crippen molar-refractivity contribution in [2.45, 2.75) is 53.9 Å². The summed E-state index contributed by atoms with van der Waals surface area (Å²) in [5.41, 5.74) is 5.83. The molecule has 196 valence electrons. The number of benzene rings is 2. The minimum absolute atomic E-state index is 0.374. The Morgan fingerprint density at radius 2 is 1.76 bits per heavy atom. The van der Waals surface area contributed by atoms with E-state index in [0.717, 1.165) is 51.7 Å². The van der Waals surface area contributed by atoms with Gasteiger partial charge in [-0.25, -0.2) is 4.68 Å². The van der Waals surface area contributed by atoms with Gasteiger partial charge in [-0.1, -0.05) is 98.6 Å². The van der Waals surface area contributed by atoms with Gasteiger partial charge in [-0.15, -0.1) is 0 Å². The fraction of sp³-hybridized carbons (Fsp3) is 0.258. The summed E-state index contributed by atoms with van der Waals surface area (Å²) in [6, 6.07) is 15.7. The van der Waals surface area contributed by atoms with Crippen molar-refractivity contribution in [1.29, 1.82) is 5.41 Å². The van der Waals surface area contributed by atoms with E-state index in [0.29, 0.717) is 16.4 Å². The molecular weight excluding hydrogens is 546 g/mol. The van der Waals surface area contributed by atoms with E-state index in [1.54, 1.807) is 29.0 Å². The van der Waals surface area contributed by atoms with Crippen LogP contribution < -0.4 is 0 Å². The molecule has 1 aromatic heterocycles. The second-order valence-corrected chi connectivity index (χ2v) is 9.51. The first kappa shape index (κ1) is 32.0. The quantitative estimate of drug-likeness (QED) is 0.163. The number of aromatic nitrogens is 2. The number of nitrogens with zero attached hydrogens (tertiary/aromatic N) is 2. The molecule has 3 rings (SSSR count). The van der Waals surface area contributed by atoms with Gasteiger partial charge < -0.3 is 5.41 Å². The Kier molecular flexibility index (Phi) is 15.1. The molecule has 0 aliphatic heterocycles. The topological polar surface area (TPSA) is 58.7 Å². The summed E-state index contributed by atoms with van der Waals surface area (Å²) in [5.74, 6) is 0. The zero-order valence-corrected chi connectivity index (χ0v) is 24.7. The van der Waals surface area contributed by atoms with Crippen LogP contribution in [0.4, 0.5) is 0 Å². The fourth-order valence-electron chi connectivity index (χ4n) is 3.05. The smallest absolute Gasteiger partial charge is 0.170 e. The predicted molar refractivity (Wildman–Crippen MR) is 164 cm³/mol. The number of hydrogen-bond donors (Lipinski definition) is 1. The zero-order chi connectivity index (χ0) is 27.8. The van der Waals surface area contributed by atoms with Crippen molar-refractivity contribution in [2.24, 2.45) is 0 Å². The van der Waals surface area contributed by atoms with Gasteiger partial charge in [-0.2, -0.15) is 5.10 Å². The highest BCUT2D eigenvalue weighted by Crippen LogP contribution is 2.27. The molecule has 0 spiro atoms. The van der Waals surface area contributed by atoms with Gasteiger partial charge in [0.1, 0.15) is 5.69 Å². The van der Waals surface area contributed by atoms with Gasteiger partial charge in [-0.05, 0) is 78.9 Å². The van der Waals surface area contributed by atoms with Crippen LogP contribution in [0.5, 0.6) is 0 Å². The number of hydrogen-bond acceptors (Lipinski definition) is 3. The number of carbonyl (C=O) groups excluding carboxylic acids is 1. The molecule has 0 atom stereocenters. The molecule has 0 unspecified atom stereocenters. The average Bonchev–Trinajstić information content (AvgIpc) is 3.33. The number of halogens is 2. The Morgan fingerprint density at radius 3 is 2.27 bits per heavy atom. The first-order valence-corrected chi connectivity index (χ1v) is 13.6. The monoisotopic (exact) mass is 581 g/mol. The fourth-order valence-corrected chi connectivity index (χ4v) is 3.60. The van der Waals surface area contributed by atoms with Gasteiger partial charge >= 0.3 is 0 Å². The van der Waals surface area contributed by atoms with Crippen LogP contribution in [0.15, 0.2) is 77.8 Å². The van der Waals surface area contributed by atoms with E-state index in [2.05, 4.69) is 54.5 Å². The Hall–Kier alpha value is -3.02. The highest BCUT2D eigenvalue weighted by atomic mass is 79.9. The molecule has 0 aliphatic rings. The van der Waals surface area contributed by atoms with Crippen LogP contribution in [0.3, 0.4) is 0 Å². The SMILES string of the molecule is C=C/C=C\C(=N)CC.CCC.CCc1ccc(-n2nc(C=O)cc2/C(C)=C/c2ccc(Br)cc2)c(Cl)c1. The molecule has 0 saturated heterocycles. The number of aldehydes is 1. The van der Waals surface area contributed by atoms with E-state index in [1.807, 2.05) is 56.3 Å². The maximum Gasteiger partial charge on any atom is 0.170 e. The van der Waals surface area contributed by atoms with Gasteiger partial charge in [-0.3, -0.25) is 4.79 Å². The van der Waals surface area contributed by atoms with Crippen molar-refractivity contribution >= 4 is 51.2 Å². The van der Waals surface area contributed by atoms with Gasteiger partial charge in [0, 0.05) is 10.2 Å². The van der Waals surface area contributed by atoms with E-state index in [-0.39, 0.29) is 0 Å². The van der Waals surface area contributed by atoms with Crippen molar-refractivity contribution in [3.8, 4) is 5.69 Å². The lowest BCUT2D eigenvalue weighted by molar-refractivity contribution is 0.111. The molecular formula is C31H37BrClN3O. The maximum atomic E-state index is 11.3. The summed E-state index contributed by atoms with van der Waals surface area (Å²) in [6.07, 6.45) is 10.9. The van der Waals surface area contributed by atoms with E-state index in [9.17, 15) is 4.79 Å². The molecule has 4 nitrogen and oxygen atoms in total. The van der Waals surface area contributed by atoms with Crippen LogP contribution in [0.1, 0.15) is 74.8 Å². The van der Waals surface area contributed by atoms with E-state index in [4.69, 9.17) is 17.0 Å². The molecule has 0 amide bonds. The molecule has 0 radical (unpaired) electrons. The first-order valence-electron chi connectivity index (χ1n) is 12.4. The molecule has 1 N–H and O–H groups in total. The van der Waals surface area contributed by atoms with Crippen LogP contribution >= 0.6 is 27.5 Å². The molecule has 0 fully saturated rings. The normalized spacial score (nSPS) is 10.7. The molecule has 0 saturated carbocycles. The number of allylic oxidation sites excluding steroid dienone is 4. The molecule has 3 aromatic rings. The summed E-state index contributed by atoms with van der Waals surface area (Å²) in [6.45, 7) is 13.8. The lowest BCUT2D eigenvalue weighted by Crippen LogP contribution is -2.02. The summed E-state index contributed by atoms with van der Waals surface area (Å²) < 4.78 is 2.76. The Balaban J connectivity index is 0.000000526. The van der Waals surface area contributed by atoms with E-state index in [1.165, 1.54) is 6.42 Å². The Labute approximate surface area is 235 Å². The van der Waals surface area contributed by atoms with Crippen molar-refractivity contribution < 1.29 is 4.79 Å². The van der Waals surface area contributed by atoms with Crippen LogP contribution in [0.2, 0.25) is 5.02 Å². The number of rotatable bonds is 8. The number of carbonyl (C=O) groups is 1. The largest absolute Gasteiger partial charge is 0.305 e.